The number of unbranched alkanes of at least 4 members (excludes halogenated alkanes) is 3. The van der Waals surface area contributed by atoms with Gasteiger partial charge in [-0.1, -0.05) is 12.1 Å². The predicted octanol–water partition coefficient (Wildman–Crippen LogP) is 3.83. The van der Waals surface area contributed by atoms with Gasteiger partial charge in [0.05, 0.1) is 25.9 Å². The maximum absolute atomic E-state index is 12.0. The summed E-state index contributed by atoms with van der Waals surface area (Å²) in [5.74, 6) is -0.0906. The zero-order chi connectivity index (χ0) is 21.8. The van der Waals surface area contributed by atoms with E-state index in [0.717, 1.165) is 37.0 Å². The summed E-state index contributed by atoms with van der Waals surface area (Å²) in [5.41, 5.74) is 13.4. The molecular weight excluding hydrogens is 384 g/mol. The van der Waals surface area contributed by atoms with E-state index in [-0.39, 0.29) is 5.97 Å². The number of hydrogen-bond acceptors (Lipinski definition) is 7. The number of nitrogens with two attached hydrogens (primary N) is 2. The van der Waals surface area contributed by atoms with E-state index in [2.05, 4.69) is 0 Å². The third-order valence-corrected chi connectivity index (χ3v) is 4.24. The van der Waals surface area contributed by atoms with Gasteiger partial charge in [-0.2, -0.15) is 0 Å². The molecule has 4 N–H and O–H groups in total. The van der Waals surface area contributed by atoms with Crippen LogP contribution in [0.25, 0.3) is 6.08 Å². The van der Waals surface area contributed by atoms with Crippen LogP contribution in [0.1, 0.15) is 41.6 Å². The number of hydrogen-bond donors (Lipinski definition) is 2. The van der Waals surface area contributed by atoms with Crippen molar-refractivity contribution in [3.63, 3.8) is 0 Å². The third-order valence-electron chi connectivity index (χ3n) is 4.24. The molecule has 0 bridgehead atoms. The van der Waals surface area contributed by atoms with Gasteiger partial charge in [0.15, 0.2) is 0 Å². The molecule has 0 aliphatic rings. The largest absolute Gasteiger partial charge is 0.497 e. The maximum Gasteiger partial charge on any atom is 0.338 e. The molecule has 0 aromatic heterocycles. The quantitative estimate of drug-likeness (QED) is 0.249. The minimum atomic E-state index is -0.439. The van der Waals surface area contributed by atoms with Crippen molar-refractivity contribution in [2.45, 2.75) is 25.7 Å². The van der Waals surface area contributed by atoms with Crippen molar-refractivity contribution in [2.75, 3.05) is 31.8 Å². The molecule has 30 heavy (non-hydrogen) atoms. The Morgan fingerprint density at radius 2 is 1.57 bits per heavy atom. The van der Waals surface area contributed by atoms with Crippen LogP contribution < -0.4 is 16.2 Å². The van der Waals surface area contributed by atoms with E-state index in [0.29, 0.717) is 30.2 Å². The highest BCUT2D eigenvalue weighted by molar-refractivity contribution is 5.91. The highest BCUT2D eigenvalue weighted by Gasteiger charge is 2.08. The van der Waals surface area contributed by atoms with Crippen molar-refractivity contribution in [1.29, 1.82) is 0 Å². The molecule has 2 rings (SSSR count). The van der Waals surface area contributed by atoms with Crippen LogP contribution in [-0.2, 0) is 14.3 Å². The average Bonchev–Trinajstić information content (AvgIpc) is 2.73. The normalized spacial score (nSPS) is 10.7. The molecule has 0 amide bonds. The first-order valence-corrected chi connectivity index (χ1v) is 9.80. The lowest BCUT2D eigenvalue weighted by Gasteiger charge is -2.07. The van der Waals surface area contributed by atoms with Crippen LogP contribution in [0.5, 0.6) is 5.75 Å². The number of methoxy groups -OCH3 is 1. The molecule has 0 spiro atoms. The number of esters is 2. The fraction of sp³-hybridized carbons (Fsp3) is 0.304. The number of carbonyl (C=O) groups is 2. The molecule has 0 saturated heterocycles. The second-order valence-electron chi connectivity index (χ2n) is 6.72. The second-order valence-corrected chi connectivity index (χ2v) is 6.72. The summed E-state index contributed by atoms with van der Waals surface area (Å²) in [7, 11) is 1.59. The molecule has 0 aliphatic heterocycles. The molecule has 0 aliphatic carbocycles. The highest BCUT2D eigenvalue weighted by atomic mass is 16.5. The van der Waals surface area contributed by atoms with Gasteiger partial charge in [-0.05, 0) is 67.7 Å². The Morgan fingerprint density at radius 1 is 0.900 bits per heavy atom. The van der Waals surface area contributed by atoms with Crippen LogP contribution >= 0.6 is 0 Å². The standard InChI is InChI=1S/C23H28N2O5/c1-28-21-8-6-7-17(13-21)9-10-22(26)29-11-4-2-3-5-12-30-23(27)18-14-19(24)16-20(25)15-18/h6-10,13-16H,2-5,11-12,24-25H2,1H3. The smallest absolute Gasteiger partial charge is 0.338 e. The van der Waals surface area contributed by atoms with Crippen LogP contribution in [0.4, 0.5) is 11.4 Å². The van der Waals surface area contributed by atoms with E-state index in [9.17, 15) is 9.59 Å². The molecule has 7 heteroatoms. The van der Waals surface area contributed by atoms with Gasteiger partial charge in [0, 0.05) is 17.5 Å². The molecule has 0 radical (unpaired) electrons. The number of carbonyl (C=O) groups excluding carboxylic acids is 2. The Bertz CT molecular complexity index is 859. The van der Waals surface area contributed by atoms with E-state index in [4.69, 9.17) is 25.7 Å². The first-order valence-electron chi connectivity index (χ1n) is 9.80. The van der Waals surface area contributed by atoms with Gasteiger partial charge >= 0.3 is 11.9 Å². The average molecular weight is 412 g/mol. The molecule has 7 nitrogen and oxygen atoms in total. The lowest BCUT2D eigenvalue weighted by molar-refractivity contribution is -0.137. The Hall–Kier alpha value is -3.48. The van der Waals surface area contributed by atoms with E-state index in [1.807, 2.05) is 24.3 Å². The minimum absolute atomic E-state index is 0.316. The van der Waals surface area contributed by atoms with E-state index < -0.39 is 5.97 Å². The van der Waals surface area contributed by atoms with E-state index in [1.165, 1.54) is 18.2 Å². The van der Waals surface area contributed by atoms with Crippen LogP contribution in [0, 0.1) is 0 Å². The van der Waals surface area contributed by atoms with Crippen LogP contribution in [0.3, 0.4) is 0 Å². The monoisotopic (exact) mass is 412 g/mol. The molecular formula is C23H28N2O5. The summed E-state index contributed by atoms with van der Waals surface area (Å²) in [5, 5.41) is 0. The van der Waals surface area contributed by atoms with Gasteiger partial charge in [0.2, 0.25) is 0 Å². The van der Waals surface area contributed by atoms with Gasteiger partial charge in [-0.15, -0.1) is 0 Å². The van der Waals surface area contributed by atoms with E-state index in [1.54, 1.807) is 19.3 Å². The number of ether oxygens (including phenoxy) is 3. The molecule has 0 heterocycles. The fourth-order valence-corrected chi connectivity index (χ4v) is 2.73. The summed E-state index contributed by atoms with van der Waals surface area (Å²) in [6.45, 7) is 0.667. The van der Waals surface area contributed by atoms with Crippen molar-refractivity contribution >= 4 is 29.4 Å². The SMILES string of the molecule is COc1cccc(C=CC(=O)OCCCCCCOC(=O)c2cc(N)cc(N)c2)c1. The number of benzene rings is 2. The summed E-state index contributed by atoms with van der Waals surface area (Å²) in [6, 6.07) is 12.1. The van der Waals surface area contributed by atoms with Crippen LogP contribution in [0.2, 0.25) is 0 Å². The van der Waals surface area contributed by atoms with Gasteiger partial charge in [-0.25, -0.2) is 9.59 Å². The second kappa shape index (κ2) is 12.2. The van der Waals surface area contributed by atoms with Crippen molar-refractivity contribution in [3.05, 3.63) is 59.7 Å². The number of anilines is 2. The molecule has 2 aromatic carbocycles. The Balaban J connectivity index is 1.54. The highest BCUT2D eigenvalue weighted by Crippen LogP contribution is 2.15. The molecule has 0 atom stereocenters. The first kappa shape index (κ1) is 22.8. The summed E-state index contributed by atoms with van der Waals surface area (Å²) >= 11 is 0. The Kier molecular flexibility index (Phi) is 9.24. The number of nitrogen functional groups attached to an aromatic ring is 2. The number of rotatable bonds is 11. The van der Waals surface area contributed by atoms with Gasteiger partial charge in [-0.3, -0.25) is 0 Å². The summed E-state index contributed by atoms with van der Waals surface area (Å²) < 4.78 is 15.5. The first-order chi connectivity index (χ1) is 14.5. The maximum atomic E-state index is 12.0. The van der Waals surface area contributed by atoms with Crippen molar-refractivity contribution in [1.82, 2.24) is 0 Å². The van der Waals surface area contributed by atoms with Gasteiger partial charge in [0.1, 0.15) is 5.75 Å². The molecule has 0 unspecified atom stereocenters. The third kappa shape index (κ3) is 8.26. The Labute approximate surface area is 176 Å². The molecule has 0 fully saturated rings. The van der Waals surface area contributed by atoms with Gasteiger partial charge < -0.3 is 25.7 Å². The van der Waals surface area contributed by atoms with Crippen molar-refractivity contribution in [2.24, 2.45) is 0 Å². The van der Waals surface area contributed by atoms with E-state index >= 15 is 0 Å². The summed E-state index contributed by atoms with van der Waals surface area (Å²) in [4.78, 5) is 23.7. The lowest BCUT2D eigenvalue weighted by Crippen LogP contribution is -2.08. The van der Waals surface area contributed by atoms with Crippen LogP contribution in [-0.4, -0.2) is 32.3 Å². The predicted molar refractivity (Wildman–Crippen MR) is 117 cm³/mol. The van der Waals surface area contributed by atoms with Gasteiger partial charge in [0.25, 0.3) is 0 Å². The lowest BCUT2D eigenvalue weighted by atomic mass is 10.2. The topological polar surface area (TPSA) is 114 Å². The zero-order valence-electron chi connectivity index (χ0n) is 17.1. The fourth-order valence-electron chi connectivity index (χ4n) is 2.73. The Morgan fingerprint density at radius 3 is 2.23 bits per heavy atom. The molecule has 2 aromatic rings. The minimum Gasteiger partial charge on any atom is -0.497 e. The molecule has 0 saturated carbocycles. The van der Waals surface area contributed by atoms with Crippen molar-refractivity contribution in [3.8, 4) is 5.75 Å². The van der Waals surface area contributed by atoms with Crippen molar-refractivity contribution < 1.29 is 23.8 Å². The summed E-state index contributed by atoms with van der Waals surface area (Å²) in [6.07, 6.45) is 6.30. The molecule has 160 valence electrons. The van der Waals surface area contributed by atoms with Crippen LogP contribution in [0.15, 0.2) is 48.5 Å². The zero-order valence-corrected chi connectivity index (χ0v) is 17.1.